The highest BCUT2D eigenvalue weighted by Crippen LogP contribution is 2.33. The Morgan fingerprint density at radius 3 is 2.72 bits per heavy atom. The zero-order valence-corrected chi connectivity index (χ0v) is 10.9. The van der Waals surface area contributed by atoms with Crippen LogP contribution in [0, 0.1) is 0 Å². The van der Waals surface area contributed by atoms with Crippen LogP contribution >= 0.6 is 0 Å². The summed E-state index contributed by atoms with van der Waals surface area (Å²) in [5.74, 6) is 0. The summed E-state index contributed by atoms with van der Waals surface area (Å²) < 4.78 is 12.5. The van der Waals surface area contributed by atoms with Gasteiger partial charge in [0.2, 0.25) is 0 Å². The summed E-state index contributed by atoms with van der Waals surface area (Å²) in [6, 6.07) is 14.1. The minimum atomic E-state index is -1.04. The maximum Gasteiger partial charge on any atom is 0.0855 e. The van der Waals surface area contributed by atoms with Crippen LogP contribution < -0.4 is 0 Å². The Hall–Kier alpha value is -1.67. The van der Waals surface area contributed by atoms with Crippen molar-refractivity contribution in [3.63, 3.8) is 0 Å². The summed E-state index contributed by atoms with van der Waals surface area (Å²) >= 11 is 0. The molecule has 90 valence electrons. The smallest absolute Gasteiger partial charge is 0.0855 e. The third-order valence-electron chi connectivity index (χ3n) is 3.33. The van der Waals surface area contributed by atoms with Gasteiger partial charge in [-0.2, -0.15) is 0 Å². The first kappa shape index (κ1) is 11.4. The zero-order chi connectivity index (χ0) is 12.5. The second kappa shape index (κ2) is 4.54. The van der Waals surface area contributed by atoms with Gasteiger partial charge in [0.1, 0.15) is 0 Å². The van der Waals surface area contributed by atoms with Gasteiger partial charge < -0.3 is 0 Å². The van der Waals surface area contributed by atoms with E-state index in [9.17, 15) is 4.21 Å². The topological polar surface area (TPSA) is 17.1 Å². The lowest BCUT2D eigenvalue weighted by Gasteiger charge is -2.21. The highest BCUT2D eigenvalue weighted by molar-refractivity contribution is 7.85. The van der Waals surface area contributed by atoms with Crippen LogP contribution in [0.25, 0.3) is 0 Å². The first-order chi connectivity index (χ1) is 8.81. The Morgan fingerprint density at radius 1 is 1.11 bits per heavy atom. The quantitative estimate of drug-likeness (QED) is 0.640. The molecule has 0 bridgehead atoms. The van der Waals surface area contributed by atoms with Crippen LogP contribution in [0.1, 0.15) is 16.7 Å². The molecule has 3 rings (SSSR count). The molecular formula is C16H14OS. The van der Waals surface area contributed by atoms with Crippen LogP contribution in [-0.2, 0) is 23.6 Å². The van der Waals surface area contributed by atoms with Gasteiger partial charge in [-0.3, -0.25) is 0 Å². The molecule has 0 N–H and O–H groups in total. The van der Waals surface area contributed by atoms with Gasteiger partial charge in [0.15, 0.2) is 0 Å². The molecule has 1 aliphatic heterocycles. The molecule has 18 heavy (non-hydrogen) atoms. The van der Waals surface area contributed by atoms with E-state index in [1.807, 2.05) is 36.4 Å². The lowest BCUT2D eigenvalue weighted by molar-refractivity contribution is 0.679. The Kier molecular flexibility index (Phi) is 2.88. The zero-order valence-electron chi connectivity index (χ0n) is 10.1. The predicted molar refractivity (Wildman–Crippen MR) is 74.3 cm³/mol. The number of rotatable bonds is 2. The van der Waals surface area contributed by atoms with Crippen LogP contribution in [0.3, 0.4) is 0 Å². The summed E-state index contributed by atoms with van der Waals surface area (Å²) in [7, 11) is -1.04. The molecule has 1 atom stereocenters. The summed E-state index contributed by atoms with van der Waals surface area (Å²) in [4.78, 5) is 1.92. The van der Waals surface area contributed by atoms with Gasteiger partial charge in [-0.25, -0.2) is 4.21 Å². The second-order valence-electron chi connectivity index (χ2n) is 4.44. The van der Waals surface area contributed by atoms with E-state index in [1.54, 1.807) is 0 Å². The van der Waals surface area contributed by atoms with Gasteiger partial charge in [0.05, 0.1) is 10.8 Å². The van der Waals surface area contributed by atoms with Crippen LogP contribution in [-0.4, -0.2) is 4.21 Å². The molecule has 0 spiro atoms. The third-order valence-corrected chi connectivity index (χ3v) is 4.91. The molecule has 0 saturated heterocycles. The molecule has 1 unspecified atom stereocenters. The number of hydrogen-bond donors (Lipinski definition) is 0. The van der Waals surface area contributed by atoms with Crippen molar-refractivity contribution >= 4 is 10.8 Å². The van der Waals surface area contributed by atoms with Crippen LogP contribution in [0.4, 0.5) is 0 Å². The van der Waals surface area contributed by atoms with Crippen LogP contribution in [0.5, 0.6) is 0 Å². The standard InChI is InChI=1S/C16H14OS/c1-2-6-12-8-5-10-16-14(12)11-13-7-3-4-9-15(13)18(16)17/h2-5,7-10H,1,6,11H2. The van der Waals surface area contributed by atoms with Gasteiger partial charge in [-0.1, -0.05) is 36.4 Å². The van der Waals surface area contributed by atoms with Gasteiger partial charge in [0.25, 0.3) is 0 Å². The van der Waals surface area contributed by atoms with E-state index >= 15 is 0 Å². The molecule has 1 aliphatic rings. The molecule has 2 aromatic carbocycles. The molecular weight excluding hydrogens is 240 g/mol. The monoisotopic (exact) mass is 254 g/mol. The maximum atomic E-state index is 12.5. The Balaban J connectivity index is 2.18. The minimum Gasteiger partial charge on any atom is -0.249 e. The lowest BCUT2D eigenvalue weighted by Crippen LogP contribution is -2.11. The van der Waals surface area contributed by atoms with Crippen molar-refractivity contribution in [2.24, 2.45) is 0 Å². The number of allylic oxidation sites excluding steroid dienone is 1. The van der Waals surface area contributed by atoms with E-state index in [0.29, 0.717) is 0 Å². The van der Waals surface area contributed by atoms with Crippen LogP contribution in [0.2, 0.25) is 0 Å². The van der Waals surface area contributed by atoms with Gasteiger partial charge in [-0.15, -0.1) is 6.58 Å². The van der Waals surface area contributed by atoms with E-state index in [-0.39, 0.29) is 0 Å². The molecule has 0 aromatic heterocycles. The van der Waals surface area contributed by atoms with Crippen molar-refractivity contribution in [1.29, 1.82) is 0 Å². The maximum absolute atomic E-state index is 12.5. The van der Waals surface area contributed by atoms with Crippen molar-refractivity contribution in [1.82, 2.24) is 0 Å². The summed E-state index contributed by atoms with van der Waals surface area (Å²) in [5, 5.41) is 0. The van der Waals surface area contributed by atoms with E-state index in [0.717, 1.165) is 22.6 Å². The normalized spacial score (nSPS) is 16.8. The average molecular weight is 254 g/mol. The van der Waals surface area contributed by atoms with E-state index in [2.05, 4.69) is 18.7 Å². The fourth-order valence-electron chi connectivity index (χ4n) is 2.47. The van der Waals surface area contributed by atoms with E-state index in [4.69, 9.17) is 0 Å². The fourth-order valence-corrected chi connectivity index (χ4v) is 3.92. The molecule has 0 amide bonds. The number of fused-ring (bicyclic) bond motifs is 2. The molecule has 0 aliphatic carbocycles. The van der Waals surface area contributed by atoms with Gasteiger partial charge in [-0.05, 0) is 35.2 Å². The summed E-state index contributed by atoms with van der Waals surface area (Å²) in [5.41, 5.74) is 3.64. The SMILES string of the molecule is C=CCc1cccc2c1Cc1ccccc1S2=O. The van der Waals surface area contributed by atoms with E-state index in [1.165, 1.54) is 16.7 Å². The largest absolute Gasteiger partial charge is 0.249 e. The van der Waals surface area contributed by atoms with Crippen molar-refractivity contribution in [2.45, 2.75) is 22.6 Å². The van der Waals surface area contributed by atoms with Gasteiger partial charge in [0, 0.05) is 16.2 Å². The summed E-state index contributed by atoms with van der Waals surface area (Å²) in [6.45, 7) is 3.79. The Bertz CT molecular complexity index is 643. The average Bonchev–Trinajstić information content (AvgIpc) is 2.40. The molecule has 1 heterocycles. The lowest BCUT2D eigenvalue weighted by atomic mass is 9.97. The number of benzene rings is 2. The molecule has 0 fully saturated rings. The van der Waals surface area contributed by atoms with Crippen molar-refractivity contribution in [3.05, 3.63) is 71.8 Å². The Morgan fingerprint density at radius 2 is 1.89 bits per heavy atom. The first-order valence-electron chi connectivity index (χ1n) is 6.02. The van der Waals surface area contributed by atoms with Crippen LogP contribution in [0.15, 0.2) is 64.9 Å². The molecule has 2 aromatic rings. The van der Waals surface area contributed by atoms with Gasteiger partial charge >= 0.3 is 0 Å². The second-order valence-corrected chi connectivity index (χ2v) is 5.86. The molecule has 0 saturated carbocycles. The molecule has 1 nitrogen and oxygen atoms in total. The fraction of sp³-hybridized carbons (Fsp3) is 0.125. The summed E-state index contributed by atoms with van der Waals surface area (Å²) in [6.07, 6.45) is 3.61. The molecule has 0 radical (unpaired) electrons. The van der Waals surface area contributed by atoms with Crippen molar-refractivity contribution in [2.75, 3.05) is 0 Å². The third kappa shape index (κ3) is 1.73. The highest BCUT2D eigenvalue weighted by Gasteiger charge is 2.22. The first-order valence-corrected chi connectivity index (χ1v) is 7.17. The molecule has 2 heteroatoms. The number of hydrogen-bond acceptors (Lipinski definition) is 1. The Labute approximate surface area is 110 Å². The van der Waals surface area contributed by atoms with Crippen molar-refractivity contribution in [3.8, 4) is 0 Å². The van der Waals surface area contributed by atoms with Crippen molar-refractivity contribution < 1.29 is 4.21 Å². The minimum absolute atomic E-state index is 0.836. The highest BCUT2D eigenvalue weighted by atomic mass is 32.2. The predicted octanol–water partition coefficient (Wildman–Crippen LogP) is 3.49. The van der Waals surface area contributed by atoms with E-state index < -0.39 is 10.8 Å².